The summed E-state index contributed by atoms with van der Waals surface area (Å²) in [5.74, 6) is 7.62. The average Bonchev–Trinajstić information content (AvgIpc) is 3.26. The lowest BCUT2D eigenvalue weighted by molar-refractivity contribution is 0.484. The van der Waals surface area contributed by atoms with Crippen molar-refractivity contribution in [3.63, 3.8) is 0 Å². The summed E-state index contributed by atoms with van der Waals surface area (Å²) in [6.45, 7) is 1.76. The summed E-state index contributed by atoms with van der Waals surface area (Å²) in [5.41, 5.74) is 2.62. The summed E-state index contributed by atoms with van der Waals surface area (Å²) in [6, 6.07) is 8.48. The van der Waals surface area contributed by atoms with Crippen molar-refractivity contribution in [2.75, 3.05) is 18.0 Å². The van der Waals surface area contributed by atoms with Gasteiger partial charge in [-0.15, -0.1) is 0 Å². The molecule has 0 atom stereocenters. The maximum atomic E-state index is 9.10. The molecular formula is C19H18N6. The van der Waals surface area contributed by atoms with E-state index in [0.717, 1.165) is 48.7 Å². The van der Waals surface area contributed by atoms with Gasteiger partial charge in [-0.05, 0) is 30.9 Å². The fourth-order valence-electron chi connectivity index (χ4n) is 3.21. The molecule has 3 aromatic rings. The minimum Gasteiger partial charge on any atom is -0.358 e. The molecule has 0 bridgehead atoms. The van der Waals surface area contributed by atoms with Crippen LogP contribution in [0.2, 0.25) is 0 Å². The van der Waals surface area contributed by atoms with Gasteiger partial charge in [0.1, 0.15) is 17.2 Å². The van der Waals surface area contributed by atoms with Crippen LogP contribution in [-0.2, 0) is 7.05 Å². The van der Waals surface area contributed by atoms with Crippen LogP contribution in [0.15, 0.2) is 36.8 Å². The molecule has 0 aromatic carbocycles. The highest BCUT2D eigenvalue weighted by molar-refractivity contribution is 5.56. The SMILES string of the molecule is Cn1cc(C#Cc2cnc3cccc(N4CCC(C#N)CC4)n23)cn1. The molecule has 1 aliphatic rings. The highest BCUT2D eigenvalue weighted by atomic mass is 15.2. The van der Waals surface area contributed by atoms with Crippen LogP contribution in [0.1, 0.15) is 24.1 Å². The first kappa shape index (κ1) is 15.3. The zero-order valence-electron chi connectivity index (χ0n) is 14.1. The molecule has 1 saturated heterocycles. The van der Waals surface area contributed by atoms with Crippen molar-refractivity contribution >= 4 is 11.5 Å². The highest BCUT2D eigenvalue weighted by Gasteiger charge is 2.21. The molecular weight excluding hydrogens is 312 g/mol. The van der Waals surface area contributed by atoms with E-state index in [1.165, 1.54) is 0 Å². The Kier molecular flexibility index (Phi) is 3.87. The van der Waals surface area contributed by atoms with Gasteiger partial charge in [-0.25, -0.2) is 4.98 Å². The molecule has 0 aliphatic carbocycles. The summed E-state index contributed by atoms with van der Waals surface area (Å²) < 4.78 is 3.83. The van der Waals surface area contributed by atoms with Gasteiger partial charge in [0, 0.05) is 32.3 Å². The zero-order chi connectivity index (χ0) is 17.2. The van der Waals surface area contributed by atoms with Gasteiger partial charge in [0.05, 0.1) is 24.0 Å². The molecule has 3 aromatic heterocycles. The van der Waals surface area contributed by atoms with E-state index in [0.29, 0.717) is 0 Å². The van der Waals surface area contributed by atoms with Crippen LogP contribution in [0.25, 0.3) is 5.65 Å². The Hall–Kier alpha value is -3.25. The number of hydrogen-bond acceptors (Lipinski definition) is 4. The molecule has 4 heterocycles. The number of piperidine rings is 1. The van der Waals surface area contributed by atoms with E-state index >= 15 is 0 Å². The fourth-order valence-corrected chi connectivity index (χ4v) is 3.21. The Balaban J connectivity index is 1.70. The molecule has 6 nitrogen and oxygen atoms in total. The topological polar surface area (TPSA) is 62.2 Å². The van der Waals surface area contributed by atoms with Crippen LogP contribution in [-0.4, -0.2) is 32.3 Å². The van der Waals surface area contributed by atoms with Crippen molar-refractivity contribution in [3.05, 3.63) is 48.0 Å². The predicted octanol–water partition coefficient (Wildman–Crippen LogP) is 2.21. The van der Waals surface area contributed by atoms with Crippen molar-refractivity contribution in [1.29, 1.82) is 5.26 Å². The van der Waals surface area contributed by atoms with Gasteiger partial charge in [0.15, 0.2) is 0 Å². The van der Waals surface area contributed by atoms with Crippen LogP contribution in [0, 0.1) is 29.1 Å². The lowest BCUT2D eigenvalue weighted by Crippen LogP contribution is -2.34. The van der Waals surface area contributed by atoms with Crippen molar-refractivity contribution in [3.8, 4) is 17.9 Å². The number of rotatable bonds is 1. The second-order valence-electron chi connectivity index (χ2n) is 6.26. The molecule has 25 heavy (non-hydrogen) atoms. The minimum absolute atomic E-state index is 0.170. The van der Waals surface area contributed by atoms with E-state index in [1.54, 1.807) is 10.9 Å². The lowest BCUT2D eigenvalue weighted by Gasteiger charge is -2.31. The molecule has 0 unspecified atom stereocenters. The maximum absolute atomic E-state index is 9.10. The maximum Gasteiger partial charge on any atom is 0.139 e. The van der Waals surface area contributed by atoms with Crippen molar-refractivity contribution in [2.24, 2.45) is 13.0 Å². The largest absolute Gasteiger partial charge is 0.358 e. The number of anilines is 1. The smallest absolute Gasteiger partial charge is 0.139 e. The van der Waals surface area contributed by atoms with E-state index in [4.69, 9.17) is 5.26 Å². The molecule has 0 N–H and O–H groups in total. The summed E-state index contributed by atoms with van der Waals surface area (Å²) in [7, 11) is 1.88. The van der Waals surface area contributed by atoms with E-state index in [1.807, 2.05) is 31.6 Å². The number of nitrogens with zero attached hydrogens (tertiary/aromatic N) is 6. The highest BCUT2D eigenvalue weighted by Crippen LogP contribution is 2.24. The normalized spacial score (nSPS) is 15.0. The van der Waals surface area contributed by atoms with Gasteiger partial charge < -0.3 is 4.90 Å². The first-order valence-electron chi connectivity index (χ1n) is 8.36. The van der Waals surface area contributed by atoms with Crippen LogP contribution in [0.4, 0.5) is 5.82 Å². The van der Waals surface area contributed by atoms with Gasteiger partial charge in [-0.2, -0.15) is 10.4 Å². The summed E-state index contributed by atoms with van der Waals surface area (Å²) >= 11 is 0. The third kappa shape index (κ3) is 2.95. The third-order valence-electron chi connectivity index (χ3n) is 4.55. The van der Waals surface area contributed by atoms with Crippen molar-refractivity contribution in [1.82, 2.24) is 19.2 Å². The molecule has 1 fully saturated rings. The molecule has 0 spiro atoms. The Bertz CT molecular complexity index is 1000. The van der Waals surface area contributed by atoms with Crippen LogP contribution in [0.5, 0.6) is 0 Å². The predicted molar refractivity (Wildman–Crippen MR) is 94.9 cm³/mol. The van der Waals surface area contributed by atoms with Gasteiger partial charge in [-0.3, -0.25) is 9.08 Å². The zero-order valence-corrected chi connectivity index (χ0v) is 14.1. The standard InChI is InChI=1S/C19H18N6/c1-23-14-16(12-22-23)5-6-17-13-21-18-3-2-4-19(25(17)18)24-9-7-15(11-20)8-10-24/h2-4,12-15H,7-10H2,1H3. The fraction of sp³-hybridized carbons (Fsp3) is 0.316. The molecule has 1 aliphatic heterocycles. The van der Waals surface area contributed by atoms with Crippen LogP contribution < -0.4 is 4.90 Å². The number of aryl methyl sites for hydroxylation is 1. The van der Waals surface area contributed by atoms with Crippen molar-refractivity contribution in [2.45, 2.75) is 12.8 Å². The molecule has 6 heteroatoms. The second kappa shape index (κ2) is 6.33. The monoisotopic (exact) mass is 330 g/mol. The van der Waals surface area contributed by atoms with E-state index in [2.05, 4.69) is 43.4 Å². The number of aromatic nitrogens is 4. The third-order valence-corrected chi connectivity index (χ3v) is 4.55. The number of pyridine rings is 1. The Morgan fingerprint density at radius 1 is 1.16 bits per heavy atom. The Morgan fingerprint density at radius 3 is 2.72 bits per heavy atom. The van der Waals surface area contributed by atoms with Gasteiger partial charge in [0.2, 0.25) is 0 Å². The first-order chi connectivity index (χ1) is 12.2. The van der Waals surface area contributed by atoms with Gasteiger partial charge in [-0.1, -0.05) is 12.0 Å². The number of hydrogen-bond donors (Lipinski definition) is 0. The number of imidazole rings is 1. The van der Waals surface area contributed by atoms with Crippen LogP contribution in [0.3, 0.4) is 0 Å². The van der Waals surface area contributed by atoms with Gasteiger partial charge >= 0.3 is 0 Å². The van der Waals surface area contributed by atoms with Crippen LogP contribution >= 0.6 is 0 Å². The Labute approximate surface area is 146 Å². The van der Waals surface area contributed by atoms with E-state index in [9.17, 15) is 0 Å². The molecule has 124 valence electrons. The number of nitriles is 1. The summed E-state index contributed by atoms with van der Waals surface area (Å²) in [6.07, 6.45) is 7.26. The second-order valence-corrected chi connectivity index (χ2v) is 6.26. The molecule has 0 saturated carbocycles. The van der Waals surface area contributed by atoms with E-state index < -0.39 is 0 Å². The quantitative estimate of drug-likeness (QED) is 0.642. The van der Waals surface area contributed by atoms with E-state index in [-0.39, 0.29) is 5.92 Å². The average molecular weight is 330 g/mol. The first-order valence-corrected chi connectivity index (χ1v) is 8.36. The lowest BCUT2D eigenvalue weighted by atomic mass is 9.99. The Morgan fingerprint density at radius 2 is 2.00 bits per heavy atom. The summed E-state index contributed by atoms with van der Waals surface area (Å²) in [4.78, 5) is 6.80. The molecule has 0 radical (unpaired) electrons. The molecule has 4 rings (SSSR count). The minimum atomic E-state index is 0.170. The summed E-state index contributed by atoms with van der Waals surface area (Å²) in [5, 5.41) is 13.2. The number of fused-ring (bicyclic) bond motifs is 1. The molecule has 0 amide bonds. The van der Waals surface area contributed by atoms with Crippen molar-refractivity contribution < 1.29 is 0 Å². The van der Waals surface area contributed by atoms with Gasteiger partial charge in [0.25, 0.3) is 0 Å².